The quantitative estimate of drug-likeness (QED) is 0.663. The molecule has 96 valence electrons. The van der Waals surface area contributed by atoms with Gasteiger partial charge in [-0.1, -0.05) is 6.42 Å². The van der Waals surface area contributed by atoms with E-state index in [1.165, 1.54) is 0 Å². The van der Waals surface area contributed by atoms with Crippen molar-refractivity contribution in [3.63, 3.8) is 0 Å². The molecule has 0 unspecified atom stereocenters. The first-order valence-electron chi connectivity index (χ1n) is 6.36. The molecule has 0 aromatic rings. The monoisotopic (exact) mass is 240 g/mol. The Morgan fingerprint density at radius 1 is 1.29 bits per heavy atom. The van der Waals surface area contributed by atoms with Gasteiger partial charge >= 0.3 is 5.97 Å². The minimum absolute atomic E-state index is 0.0269. The van der Waals surface area contributed by atoms with Gasteiger partial charge in [0.05, 0.1) is 5.41 Å². The van der Waals surface area contributed by atoms with Crippen molar-refractivity contribution in [1.29, 1.82) is 0 Å². The summed E-state index contributed by atoms with van der Waals surface area (Å²) in [6.45, 7) is 2.05. The van der Waals surface area contributed by atoms with Crippen LogP contribution in [-0.2, 0) is 9.59 Å². The summed E-state index contributed by atoms with van der Waals surface area (Å²) in [5, 5.41) is 15.2. The number of carboxylic acids is 1. The van der Waals surface area contributed by atoms with Crippen molar-refractivity contribution >= 4 is 11.9 Å². The normalized spacial score (nSPS) is 23.8. The van der Waals surface area contributed by atoms with E-state index in [0.29, 0.717) is 19.4 Å². The van der Waals surface area contributed by atoms with Crippen LogP contribution < -0.4 is 10.6 Å². The number of hydrogen-bond acceptors (Lipinski definition) is 3. The molecular weight excluding hydrogens is 220 g/mol. The zero-order valence-electron chi connectivity index (χ0n) is 10.00. The van der Waals surface area contributed by atoms with E-state index >= 15 is 0 Å². The summed E-state index contributed by atoms with van der Waals surface area (Å²) < 4.78 is 0. The van der Waals surface area contributed by atoms with Gasteiger partial charge in [0.2, 0.25) is 5.91 Å². The Hall–Kier alpha value is -1.10. The third-order valence-corrected chi connectivity index (χ3v) is 4.08. The SMILES string of the molecule is O=C(NCC1(C(=O)O)CCC1)C1CCNCC1. The lowest BCUT2D eigenvalue weighted by atomic mass is 9.68. The molecule has 3 N–H and O–H groups in total. The highest BCUT2D eigenvalue weighted by molar-refractivity contribution is 5.81. The molecule has 1 aliphatic heterocycles. The lowest BCUT2D eigenvalue weighted by Crippen LogP contribution is -2.49. The molecule has 1 amide bonds. The van der Waals surface area contributed by atoms with Crippen LogP contribution in [0.1, 0.15) is 32.1 Å². The van der Waals surface area contributed by atoms with Crippen molar-refractivity contribution in [1.82, 2.24) is 10.6 Å². The molecule has 0 bridgehead atoms. The molecule has 1 heterocycles. The van der Waals surface area contributed by atoms with Gasteiger partial charge in [-0.05, 0) is 38.8 Å². The molecule has 0 aromatic carbocycles. The van der Waals surface area contributed by atoms with Gasteiger partial charge in [-0.2, -0.15) is 0 Å². The zero-order chi connectivity index (χ0) is 12.3. The fourth-order valence-electron chi connectivity index (χ4n) is 2.55. The third kappa shape index (κ3) is 2.60. The van der Waals surface area contributed by atoms with Gasteiger partial charge in [-0.25, -0.2) is 0 Å². The minimum atomic E-state index is -0.769. The first kappa shape index (κ1) is 12.4. The lowest BCUT2D eigenvalue weighted by molar-refractivity contribution is -0.154. The molecule has 2 rings (SSSR count). The fraction of sp³-hybridized carbons (Fsp3) is 0.833. The number of aliphatic carboxylic acids is 1. The Balaban J connectivity index is 1.80. The smallest absolute Gasteiger partial charge is 0.311 e. The first-order valence-corrected chi connectivity index (χ1v) is 6.36. The Labute approximate surface area is 101 Å². The maximum absolute atomic E-state index is 11.9. The number of carboxylic acid groups (broad SMARTS) is 1. The topological polar surface area (TPSA) is 78.4 Å². The second-order valence-corrected chi connectivity index (χ2v) is 5.18. The van der Waals surface area contributed by atoms with Gasteiger partial charge in [-0.15, -0.1) is 0 Å². The summed E-state index contributed by atoms with van der Waals surface area (Å²) in [5.41, 5.74) is -0.678. The number of hydrogen-bond donors (Lipinski definition) is 3. The maximum atomic E-state index is 11.9. The average molecular weight is 240 g/mol. The zero-order valence-corrected chi connectivity index (χ0v) is 10.00. The molecule has 1 saturated carbocycles. The van der Waals surface area contributed by atoms with Crippen LogP contribution in [0.5, 0.6) is 0 Å². The van der Waals surface area contributed by atoms with Gasteiger partial charge in [0, 0.05) is 12.5 Å². The summed E-state index contributed by atoms with van der Waals surface area (Å²) in [7, 11) is 0. The van der Waals surface area contributed by atoms with E-state index in [2.05, 4.69) is 10.6 Å². The molecule has 0 aromatic heterocycles. The molecule has 1 saturated heterocycles. The molecule has 17 heavy (non-hydrogen) atoms. The number of carbonyl (C=O) groups is 2. The van der Waals surface area contributed by atoms with E-state index < -0.39 is 11.4 Å². The molecule has 5 heteroatoms. The van der Waals surface area contributed by atoms with Crippen LogP contribution in [0.4, 0.5) is 0 Å². The van der Waals surface area contributed by atoms with Crippen LogP contribution in [0.15, 0.2) is 0 Å². The molecule has 0 spiro atoms. The average Bonchev–Trinajstić information content (AvgIpc) is 2.28. The highest BCUT2D eigenvalue weighted by Crippen LogP contribution is 2.40. The van der Waals surface area contributed by atoms with E-state index in [9.17, 15) is 9.59 Å². The summed E-state index contributed by atoms with van der Waals surface area (Å²) in [6.07, 6.45) is 4.04. The highest BCUT2D eigenvalue weighted by Gasteiger charge is 2.44. The lowest BCUT2D eigenvalue weighted by Gasteiger charge is -2.38. The van der Waals surface area contributed by atoms with Crippen LogP contribution in [0, 0.1) is 11.3 Å². The molecule has 2 fully saturated rings. The number of amides is 1. The molecule has 5 nitrogen and oxygen atoms in total. The Morgan fingerprint density at radius 3 is 2.41 bits per heavy atom. The second-order valence-electron chi connectivity index (χ2n) is 5.18. The highest BCUT2D eigenvalue weighted by atomic mass is 16.4. The van der Waals surface area contributed by atoms with E-state index in [4.69, 9.17) is 5.11 Å². The maximum Gasteiger partial charge on any atom is 0.311 e. The van der Waals surface area contributed by atoms with E-state index in [0.717, 1.165) is 32.4 Å². The fourth-order valence-corrected chi connectivity index (χ4v) is 2.55. The van der Waals surface area contributed by atoms with Crippen LogP contribution in [0.2, 0.25) is 0 Å². The van der Waals surface area contributed by atoms with Crippen LogP contribution in [0.3, 0.4) is 0 Å². The Bertz CT molecular complexity index is 307. The molecule has 0 radical (unpaired) electrons. The minimum Gasteiger partial charge on any atom is -0.481 e. The van der Waals surface area contributed by atoms with Gasteiger partial charge in [0.15, 0.2) is 0 Å². The van der Waals surface area contributed by atoms with Crippen LogP contribution >= 0.6 is 0 Å². The number of carbonyl (C=O) groups excluding carboxylic acids is 1. The van der Waals surface area contributed by atoms with Crippen molar-refractivity contribution in [3.8, 4) is 0 Å². The summed E-state index contributed by atoms with van der Waals surface area (Å²) in [5.74, 6) is -0.685. The van der Waals surface area contributed by atoms with E-state index in [-0.39, 0.29) is 11.8 Å². The van der Waals surface area contributed by atoms with Crippen molar-refractivity contribution in [2.75, 3.05) is 19.6 Å². The summed E-state index contributed by atoms with van der Waals surface area (Å²) in [4.78, 5) is 23.0. The number of piperidine rings is 1. The molecule has 2 aliphatic rings. The largest absolute Gasteiger partial charge is 0.481 e. The summed E-state index contributed by atoms with van der Waals surface area (Å²) in [6, 6.07) is 0. The van der Waals surface area contributed by atoms with E-state index in [1.54, 1.807) is 0 Å². The predicted octanol–water partition coefficient (Wildman–Crippen LogP) is 0.357. The van der Waals surface area contributed by atoms with Crippen LogP contribution in [0.25, 0.3) is 0 Å². The number of nitrogens with one attached hydrogen (secondary N) is 2. The van der Waals surface area contributed by atoms with Crippen molar-refractivity contribution < 1.29 is 14.7 Å². The van der Waals surface area contributed by atoms with Crippen LogP contribution in [-0.4, -0.2) is 36.6 Å². The molecule has 0 atom stereocenters. The van der Waals surface area contributed by atoms with Crippen molar-refractivity contribution in [2.24, 2.45) is 11.3 Å². The van der Waals surface area contributed by atoms with Crippen molar-refractivity contribution in [2.45, 2.75) is 32.1 Å². The Kier molecular flexibility index (Phi) is 3.66. The summed E-state index contributed by atoms with van der Waals surface area (Å²) >= 11 is 0. The molecule has 1 aliphatic carbocycles. The van der Waals surface area contributed by atoms with Gasteiger partial charge < -0.3 is 15.7 Å². The van der Waals surface area contributed by atoms with Gasteiger partial charge in [0.25, 0.3) is 0 Å². The predicted molar refractivity (Wildman–Crippen MR) is 62.5 cm³/mol. The van der Waals surface area contributed by atoms with Gasteiger partial charge in [-0.3, -0.25) is 9.59 Å². The Morgan fingerprint density at radius 2 is 1.94 bits per heavy atom. The second kappa shape index (κ2) is 5.04. The number of rotatable bonds is 4. The third-order valence-electron chi connectivity index (χ3n) is 4.08. The first-order chi connectivity index (χ1) is 8.14. The molecular formula is C12H20N2O3. The standard InChI is InChI=1S/C12H20N2O3/c15-10(9-2-6-13-7-3-9)14-8-12(11(16)17)4-1-5-12/h9,13H,1-8H2,(H,14,15)(H,16,17). The van der Waals surface area contributed by atoms with Crippen molar-refractivity contribution in [3.05, 3.63) is 0 Å². The van der Waals surface area contributed by atoms with E-state index in [1.807, 2.05) is 0 Å². The van der Waals surface area contributed by atoms with Gasteiger partial charge in [0.1, 0.15) is 0 Å².